The summed E-state index contributed by atoms with van der Waals surface area (Å²) < 4.78 is 19.2. The molecule has 6 heterocycles. The molecular formula is C129H79N3O3. The van der Waals surface area contributed by atoms with Crippen LogP contribution in [0.4, 0.5) is 0 Å². The summed E-state index contributed by atoms with van der Waals surface area (Å²) in [4.78, 5) is 15.2. The Kier molecular flexibility index (Phi) is 18.9. The molecule has 28 aromatic rings. The number of pyridine rings is 3. The molecule has 0 fully saturated rings. The van der Waals surface area contributed by atoms with Crippen LogP contribution in [0.25, 0.3) is 274 Å². The molecule has 0 aliphatic carbocycles. The molecule has 6 aromatic heterocycles. The summed E-state index contributed by atoms with van der Waals surface area (Å²) in [6.45, 7) is 0. The summed E-state index contributed by atoms with van der Waals surface area (Å²) in [5.41, 5.74) is 28.1. The Morgan fingerprint density at radius 3 is 0.867 bits per heavy atom. The van der Waals surface area contributed by atoms with Crippen molar-refractivity contribution < 1.29 is 13.3 Å². The lowest BCUT2D eigenvalue weighted by Gasteiger charge is -2.17. The van der Waals surface area contributed by atoms with Gasteiger partial charge in [-0.05, 0) is 220 Å². The Morgan fingerprint density at radius 2 is 0.430 bits per heavy atom. The number of benzene rings is 22. The van der Waals surface area contributed by atoms with Gasteiger partial charge in [-0.2, -0.15) is 0 Å². The topological polar surface area (TPSA) is 78.1 Å². The predicted octanol–water partition coefficient (Wildman–Crippen LogP) is 36.0. The van der Waals surface area contributed by atoms with Crippen molar-refractivity contribution in [3.8, 4) is 112 Å². The average molecular weight is 1720 g/mol. The van der Waals surface area contributed by atoms with Gasteiger partial charge in [-0.25, -0.2) is 0 Å². The van der Waals surface area contributed by atoms with Gasteiger partial charge >= 0.3 is 0 Å². The number of fused-ring (bicyclic) bond motifs is 19. The molecule has 0 unspecified atom stereocenters. The van der Waals surface area contributed by atoms with E-state index in [4.69, 9.17) is 28.2 Å². The molecule has 0 aliphatic rings. The van der Waals surface area contributed by atoms with Gasteiger partial charge in [0.15, 0.2) is 0 Å². The summed E-state index contributed by atoms with van der Waals surface area (Å²) in [5.74, 6) is 0. The third-order valence-corrected chi connectivity index (χ3v) is 27.3. The highest BCUT2D eigenvalue weighted by molar-refractivity contribution is 6.25. The summed E-state index contributed by atoms with van der Waals surface area (Å²) in [5, 5.41) is 28.6. The van der Waals surface area contributed by atoms with Gasteiger partial charge in [-0.3, -0.25) is 15.0 Å². The van der Waals surface area contributed by atoms with E-state index in [0.717, 1.165) is 133 Å². The predicted molar refractivity (Wildman–Crippen MR) is 566 cm³/mol. The molecule has 135 heavy (non-hydrogen) atoms. The van der Waals surface area contributed by atoms with Gasteiger partial charge in [0.25, 0.3) is 0 Å². The fourth-order valence-electron chi connectivity index (χ4n) is 21.0. The Balaban J connectivity index is 0.000000106. The monoisotopic (exact) mass is 1720 g/mol. The van der Waals surface area contributed by atoms with E-state index in [0.29, 0.717) is 0 Å². The van der Waals surface area contributed by atoms with Crippen molar-refractivity contribution in [2.45, 2.75) is 0 Å². The van der Waals surface area contributed by atoms with Crippen LogP contribution in [-0.2, 0) is 0 Å². The van der Waals surface area contributed by atoms with E-state index in [1.54, 1.807) is 0 Å². The molecule has 28 rings (SSSR count). The van der Waals surface area contributed by atoms with Gasteiger partial charge < -0.3 is 13.3 Å². The smallest absolute Gasteiger partial charge is 0.143 e. The van der Waals surface area contributed by atoms with Gasteiger partial charge in [0.05, 0.1) is 17.1 Å². The van der Waals surface area contributed by atoms with E-state index in [2.05, 4.69) is 461 Å². The second-order valence-electron chi connectivity index (χ2n) is 35.0. The van der Waals surface area contributed by atoms with E-state index >= 15 is 0 Å². The van der Waals surface area contributed by atoms with Crippen LogP contribution in [0.15, 0.2) is 493 Å². The molecule has 0 amide bonds. The van der Waals surface area contributed by atoms with Gasteiger partial charge in [0.2, 0.25) is 0 Å². The number of nitrogens with zero attached hydrogens (tertiary/aromatic N) is 3. The lowest BCUT2D eigenvalue weighted by Crippen LogP contribution is -1.92. The Hall–Kier alpha value is -18.0. The normalized spacial score (nSPS) is 11.7. The molecule has 0 saturated heterocycles. The minimum absolute atomic E-state index is 0.889. The third kappa shape index (κ3) is 13.5. The SMILES string of the molecule is c1ccc(-c2c3ccccc3c(-c3ccc(-c4ccc(-c5ccc6oc7c8ccccc8ccc7c6c5)cc4)cn3)c3ccccc23)cc1.c1ccc(-c2c3ccccc3c(-c3ccc(-c4ccc5c(c4)oc4cc6ccccc6cc45)cn3)c3ccccc23)cc1.c1ccc(-c2c3ccccc3c(-c3ccc(-c4cccc5c4oc4cc6ccccc6cc45)cn3)c3ccccc23)cc1. The molecule has 0 saturated carbocycles. The van der Waals surface area contributed by atoms with E-state index in [-0.39, 0.29) is 0 Å². The first-order valence-corrected chi connectivity index (χ1v) is 46.0. The minimum Gasteiger partial charge on any atom is -0.456 e. The highest BCUT2D eigenvalue weighted by Gasteiger charge is 2.24. The van der Waals surface area contributed by atoms with Crippen LogP contribution in [0.2, 0.25) is 0 Å². The number of aromatic nitrogens is 3. The zero-order valence-corrected chi connectivity index (χ0v) is 73.2. The van der Waals surface area contributed by atoms with Crippen LogP contribution in [0.3, 0.4) is 0 Å². The van der Waals surface area contributed by atoms with Crippen molar-refractivity contribution in [1.29, 1.82) is 0 Å². The zero-order valence-electron chi connectivity index (χ0n) is 73.2. The first kappa shape index (κ1) is 78.1. The maximum atomic E-state index is 6.50. The van der Waals surface area contributed by atoms with E-state index < -0.39 is 0 Å². The van der Waals surface area contributed by atoms with E-state index in [9.17, 15) is 0 Å². The molecule has 628 valence electrons. The third-order valence-electron chi connectivity index (χ3n) is 27.3. The Morgan fingerprint density at radius 1 is 0.133 bits per heavy atom. The molecular weight excluding hydrogens is 1640 g/mol. The van der Waals surface area contributed by atoms with Crippen molar-refractivity contribution >= 4 is 163 Å². The first-order chi connectivity index (χ1) is 66.9. The standard InChI is InChI=1S/C47H29NO.2C41H25NO/c1-2-11-33(12-3-1)45-37-14-6-8-16-39(37)46(40-17-9-7-15-38(40)45)43-26-23-35(29-48-43)31-20-18-30(19-21-31)34-24-27-44-42(28-34)41-25-22-32-10-4-5-13-36(32)47(41)49-44;1-2-11-26(12-3-1)39-31-15-6-8-17-33(31)40(34-18-9-7-16-32(34)39)37-22-21-29(25-42-37)30-19-10-20-35-36-23-27-13-4-5-14-28(27)24-38(36)43-41(30)35;1-2-10-26(11-3-1)40-32-14-6-8-16-34(32)41(35-17-9-7-15-33(35)40)37-21-19-30(25-42-37)29-18-20-31-36-22-27-12-4-5-13-28(27)23-39(36)43-38(31)24-29/h1-29H;2*1-25H. The molecule has 0 aliphatic heterocycles. The maximum absolute atomic E-state index is 6.50. The van der Waals surface area contributed by atoms with Crippen molar-refractivity contribution in [3.63, 3.8) is 0 Å². The highest BCUT2D eigenvalue weighted by atomic mass is 16.3. The first-order valence-electron chi connectivity index (χ1n) is 46.0. The molecule has 0 atom stereocenters. The summed E-state index contributed by atoms with van der Waals surface area (Å²) in [6.07, 6.45) is 5.98. The molecule has 0 radical (unpaired) electrons. The molecule has 6 heteroatoms. The lowest BCUT2D eigenvalue weighted by molar-refractivity contribution is 0.669. The summed E-state index contributed by atoms with van der Waals surface area (Å²) in [7, 11) is 0. The maximum Gasteiger partial charge on any atom is 0.143 e. The van der Waals surface area contributed by atoms with Crippen LogP contribution < -0.4 is 0 Å². The van der Waals surface area contributed by atoms with E-state index in [1.807, 2.05) is 18.6 Å². The zero-order chi connectivity index (χ0) is 89.0. The molecule has 0 spiro atoms. The largest absolute Gasteiger partial charge is 0.456 e. The number of rotatable bonds is 10. The minimum atomic E-state index is 0.889. The summed E-state index contributed by atoms with van der Waals surface area (Å²) in [6, 6.07) is 164. The Labute approximate surface area is 776 Å². The van der Waals surface area contributed by atoms with Crippen molar-refractivity contribution in [2.75, 3.05) is 0 Å². The number of hydrogen-bond donors (Lipinski definition) is 0. The second-order valence-corrected chi connectivity index (χ2v) is 35.0. The molecule has 0 bridgehead atoms. The fourth-order valence-corrected chi connectivity index (χ4v) is 21.0. The van der Waals surface area contributed by atoms with Crippen LogP contribution in [-0.4, -0.2) is 15.0 Å². The van der Waals surface area contributed by atoms with Gasteiger partial charge in [0.1, 0.15) is 33.5 Å². The summed E-state index contributed by atoms with van der Waals surface area (Å²) >= 11 is 0. The number of hydrogen-bond acceptors (Lipinski definition) is 6. The van der Waals surface area contributed by atoms with Crippen molar-refractivity contribution in [2.24, 2.45) is 0 Å². The van der Waals surface area contributed by atoms with Gasteiger partial charge in [-0.15, -0.1) is 0 Å². The van der Waals surface area contributed by atoms with Gasteiger partial charge in [0, 0.05) is 95.2 Å². The van der Waals surface area contributed by atoms with Crippen LogP contribution in [0.5, 0.6) is 0 Å². The Bertz CT molecular complexity index is 9410. The average Bonchev–Trinajstić information content (AvgIpc) is 0.760. The van der Waals surface area contributed by atoms with Gasteiger partial charge in [-0.1, -0.05) is 388 Å². The van der Waals surface area contributed by atoms with Crippen LogP contribution >= 0.6 is 0 Å². The fraction of sp³-hybridized carbons (Fsp3) is 0. The number of furan rings is 3. The van der Waals surface area contributed by atoms with Crippen molar-refractivity contribution in [1.82, 2.24) is 15.0 Å². The highest BCUT2D eigenvalue weighted by Crippen LogP contribution is 2.50. The lowest BCUT2D eigenvalue weighted by atomic mass is 9.87. The van der Waals surface area contributed by atoms with E-state index in [1.165, 1.54) is 142 Å². The quantitative estimate of drug-likeness (QED) is 0.127. The molecule has 0 N–H and O–H groups in total. The van der Waals surface area contributed by atoms with Crippen LogP contribution in [0.1, 0.15) is 0 Å². The van der Waals surface area contributed by atoms with Crippen molar-refractivity contribution in [3.05, 3.63) is 480 Å². The van der Waals surface area contributed by atoms with Crippen LogP contribution in [0, 0.1) is 0 Å². The number of para-hydroxylation sites is 1. The second kappa shape index (κ2) is 32.6. The molecule has 6 nitrogen and oxygen atoms in total. The molecule has 22 aromatic carbocycles.